The van der Waals surface area contributed by atoms with Crippen molar-refractivity contribution in [3.8, 4) is 16.9 Å². The van der Waals surface area contributed by atoms with Gasteiger partial charge < -0.3 is 14.6 Å². The molecule has 0 radical (unpaired) electrons. The Morgan fingerprint density at radius 2 is 1.77 bits per heavy atom. The molecule has 0 atom stereocenters. The monoisotopic (exact) mass is 536 g/mol. The summed E-state index contributed by atoms with van der Waals surface area (Å²) in [5.74, 6) is -0.252. The molecule has 0 aliphatic heterocycles. The molecule has 0 fully saturated rings. The predicted molar refractivity (Wildman–Crippen MR) is 150 cm³/mol. The number of aromatic amines is 1. The van der Waals surface area contributed by atoms with E-state index in [1.807, 2.05) is 74.5 Å². The van der Waals surface area contributed by atoms with Crippen LogP contribution >= 0.6 is 0 Å². The van der Waals surface area contributed by atoms with E-state index in [1.54, 1.807) is 18.3 Å². The number of nitrogens with one attached hydrogen (secondary N) is 2. The van der Waals surface area contributed by atoms with Crippen molar-refractivity contribution < 1.29 is 14.1 Å². The largest absolute Gasteiger partial charge is 0.489 e. The number of benzene rings is 3. The molecule has 2 heterocycles. The Kier molecular flexibility index (Phi) is 7.72. The van der Waals surface area contributed by atoms with E-state index in [9.17, 15) is 14.4 Å². The van der Waals surface area contributed by atoms with Crippen LogP contribution in [0.3, 0.4) is 0 Å². The Balaban J connectivity index is 1.21. The van der Waals surface area contributed by atoms with Gasteiger partial charge in [-0.15, -0.1) is 4.74 Å². The van der Waals surface area contributed by atoms with E-state index in [0.717, 1.165) is 43.8 Å². The summed E-state index contributed by atoms with van der Waals surface area (Å²) in [5.41, 5.74) is 6.74. The number of carbonyl (C=O) groups is 1. The SMILES string of the molecule is Cc1cc(C(=O)NCc2ncccc2C)ccc1-c1cccc(COc2ccc(Cn3oc(=O)[nH]c3=O)cc2)c1. The molecule has 9 nitrogen and oxygen atoms in total. The summed E-state index contributed by atoms with van der Waals surface area (Å²) < 4.78 is 11.7. The molecule has 9 heteroatoms. The van der Waals surface area contributed by atoms with Gasteiger partial charge in [-0.1, -0.05) is 42.5 Å². The number of carbonyl (C=O) groups excluding carboxylic acids is 1. The van der Waals surface area contributed by atoms with Gasteiger partial charge in [0, 0.05) is 11.8 Å². The fourth-order valence-corrected chi connectivity index (χ4v) is 4.37. The van der Waals surface area contributed by atoms with E-state index in [-0.39, 0.29) is 12.5 Å². The minimum atomic E-state index is -0.782. The van der Waals surface area contributed by atoms with Crippen LogP contribution in [0.1, 0.15) is 38.3 Å². The summed E-state index contributed by atoms with van der Waals surface area (Å²) in [4.78, 5) is 41.9. The molecular formula is C31H28N4O5. The van der Waals surface area contributed by atoms with Crippen LogP contribution in [0.15, 0.2) is 99.2 Å². The quantitative estimate of drug-likeness (QED) is 0.289. The number of aromatic nitrogens is 3. The number of ether oxygens (including phenoxy) is 1. The number of pyridine rings is 1. The molecule has 0 saturated carbocycles. The average molecular weight is 537 g/mol. The number of aryl methyl sites for hydroxylation is 2. The van der Waals surface area contributed by atoms with E-state index in [0.29, 0.717) is 24.5 Å². The highest BCUT2D eigenvalue weighted by Crippen LogP contribution is 2.26. The van der Waals surface area contributed by atoms with Gasteiger partial charge in [-0.2, -0.15) is 0 Å². The summed E-state index contributed by atoms with van der Waals surface area (Å²) in [5, 5.41) is 2.95. The molecule has 1 amide bonds. The van der Waals surface area contributed by atoms with E-state index in [2.05, 4.69) is 21.4 Å². The number of nitrogens with zero attached hydrogens (tertiary/aromatic N) is 2. The minimum Gasteiger partial charge on any atom is -0.489 e. The van der Waals surface area contributed by atoms with Crippen molar-refractivity contribution in [2.75, 3.05) is 0 Å². The van der Waals surface area contributed by atoms with Crippen LogP contribution in [0, 0.1) is 13.8 Å². The Bertz CT molecular complexity index is 1770. The number of hydrogen-bond acceptors (Lipinski definition) is 6. The van der Waals surface area contributed by atoms with Crippen LogP contribution in [0.2, 0.25) is 0 Å². The molecule has 2 aromatic heterocycles. The Hall–Kier alpha value is -5.18. The second kappa shape index (κ2) is 11.7. The van der Waals surface area contributed by atoms with Crippen LogP contribution in [-0.4, -0.2) is 20.6 Å². The molecule has 3 aromatic carbocycles. The van der Waals surface area contributed by atoms with Crippen LogP contribution in [-0.2, 0) is 19.7 Å². The van der Waals surface area contributed by atoms with Gasteiger partial charge in [0.05, 0.1) is 18.8 Å². The summed E-state index contributed by atoms with van der Waals surface area (Å²) in [7, 11) is 0. The highest BCUT2D eigenvalue weighted by Gasteiger charge is 2.11. The maximum Gasteiger partial charge on any atom is 0.440 e. The molecule has 5 aromatic rings. The van der Waals surface area contributed by atoms with Gasteiger partial charge in [0.2, 0.25) is 0 Å². The topological polar surface area (TPSA) is 119 Å². The standard InChI is InChI=1S/C31H28N4O5/c1-20-5-4-14-32-28(20)17-33-29(36)25-10-13-27(21(2)15-25)24-7-3-6-23(16-24)19-39-26-11-8-22(9-12-26)18-35-30(37)34-31(38)40-35/h3-16H,17-19H2,1-2H3,(H,33,36)(H,34,37,38). The Morgan fingerprint density at radius 3 is 2.50 bits per heavy atom. The molecule has 0 saturated heterocycles. The first-order chi connectivity index (χ1) is 19.4. The average Bonchev–Trinajstić information content (AvgIpc) is 3.28. The molecule has 0 aliphatic carbocycles. The number of rotatable bonds is 9. The highest BCUT2D eigenvalue weighted by atomic mass is 16.5. The van der Waals surface area contributed by atoms with Gasteiger partial charge in [-0.25, -0.2) is 14.6 Å². The third-order valence-electron chi connectivity index (χ3n) is 6.54. The van der Waals surface area contributed by atoms with Crippen LogP contribution in [0.25, 0.3) is 11.1 Å². The van der Waals surface area contributed by atoms with Gasteiger partial charge in [0.1, 0.15) is 12.4 Å². The second-order valence-corrected chi connectivity index (χ2v) is 9.46. The Labute approximate surface area is 230 Å². The Morgan fingerprint density at radius 1 is 0.950 bits per heavy atom. The number of amides is 1. The smallest absolute Gasteiger partial charge is 0.440 e. The maximum absolute atomic E-state index is 12.7. The van der Waals surface area contributed by atoms with Crippen molar-refractivity contribution in [2.45, 2.75) is 33.5 Å². The lowest BCUT2D eigenvalue weighted by atomic mass is 9.97. The maximum atomic E-state index is 12.7. The van der Waals surface area contributed by atoms with Crippen molar-refractivity contribution in [1.29, 1.82) is 0 Å². The van der Waals surface area contributed by atoms with E-state index >= 15 is 0 Å². The van der Waals surface area contributed by atoms with Crippen molar-refractivity contribution >= 4 is 5.91 Å². The first-order valence-corrected chi connectivity index (χ1v) is 12.8. The summed E-state index contributed by atoms with van der Waals surface area (Å²) in [6.07, 6.45) is 1.72. The first kappa shape index (κ1) is 26.4. The molecule has 0 spiro atoms. The molecule has 202 valence electrons. The van der Waals surface area contributed by atoms with Crippen molar-refractivity contribution in [2.24, 2.45) is 0 Å². The first-order valence-electron chi connectivity index (χ1n) is 12.8. The zero-order chi connectivity index (χ0) is 28.1. The van der Waals surface area contributed by atoms with E-state index in [1.165, 1.54) is 0 Å². The molecule has 40 heavy (non-hydrogen) atoms. The molecule has 0 unspecified atom stereocenters. The predicted octanol–water partition coefficient (Wildman–Crippen LogP) is 4.37. The highest BCUT2D eigenvalue weighted by molar-refractivity contribution is 5.95. The zero-order valence-corrected chi connectivity index (χ0v) is 22.1. The van der Waals surface area contributed by atoms with E-state index in [4.69, 9.17) is 9.26 Å². The summed E-state index contributed by atoms with van der Waals surface area (Å²) >= 11 is 0. The van der Waals surface area contributed by atoms with Crippen LogP contribution in [0.4, 0.5) is 0 Å². The van der Waals surface area contributed by atoms with Gasteiger partial charge in [-0.05, 0) is 83.6 Å². The number of H-pyrrole nitrogens is 1. The van der Waals surface area contributed by atoms with E-state index < -0.39 is 11.4 Å². The third-order valence-corrected chi connectivity index (χ3v) is 6.54. The van der Waals surface area contributed by atoms with Gasteiger partial charge in [0.15, 0.2) is 0 Å². The van der Waals surface area contributed by atoms with Crippen molar-refractivity contribution in [1.82, 2.24) is 20.0 Å². The molecule has 5 rings (SSSR count). The minimum absolute atomic E-state index is 0.141. The van der Waals surface area contributed by atoms with Gasteiger partial charge >= 0.3 is 11.4 Å². The lowest BCUT2D eigenvalue weighted by molar-refractivity contribution is 0.0950. The lowest BCUT2D eigenvalue weighted by Crippen LogP contribution is -2.23. The normalized spacial score (nSPS) is 10.8. The van der Waals surface area contributed by atoms with Gasteiger partial charge in [-0.3, -0.25) is 9.78 Å². The van der Waals surface area contributed by atoms with Crippen molar-refractivity contribution in [3.63, 3.8) is 0 Å². The summed E-state index contributed by atoms with van der Waals surface area (Å²) in [6, 6.07) is 24.9. The third kappa shape index (κ3) is 6.27. The molecule has 0 bridgehead atoms. The number of hydrogen-bond donors (Lipinski definition) is 2. The molecule has 2 N–H and O–H groups in total. The lowest BCUT2D eigenvalue weighted by Gasteiger charge is -2.12. The van der Waals surface area contributed by atoms with Gasteiger partial charge in [0.25, 0.3) is 5.91 Å². The molecular weight excluding hydrogens is 508 g/mol. The van der Waals surface area contributed by atoms with Crippen LogP contribution in [0.5, 0.6) is 5.75 Å². The second-order valence-electron chi connectivity index (χ2n) is 9.46. The molecule has 0 aliphatic rings. The fraction of sp³-hybridized carbons (Fsp3) is 0.161. The fourth-order valence-electron chi connectivity index (χ4n) is 4.37. The van der Waals surface area contributed by atoms with Crippen LogP contribution < -0.4 is 21.5 Å². The summed E-state index contributed by atoms with van der Waals surface area (Å²) in [6.45, 7) is 4.85. The van der Waals surface area contributed by atoms with Crippen molar-refractivity contribution in [3.05, 3.63) is 140 Å². The zero-order valence-electron chi connectivity index (χ0n) is 22.1.